The number of nitrogens with one attached hydrogen (secondary N) is 1. The van der Waals surface area contributed by atoms with Gasteiger partial charge in [-0.2, -0.15) is 0 Å². The van der Waals surface area contributed by atoms with Gasteiger partial charge < -0.3 is 19.9 Å². The number of hydrogen-bond donors (Lipinski definition) is 2. The Morgan fingerprint density at radius 3 is 2.97 bits per heavy atom. The Labute approximate surface area is 224 Å². The highest BCUT2D eigenvalue weighted by Crippen LogP contribution is 2.36. The molecule has 0 unspecified atom stereocenters. The summed E-state index contributed by atoms with van der Waals surface area (Å²) in [7, 11) is 0. The number of fused-ring (bicyclic) bond motifs is 2. The fraction of sp³-hybridized carbons (Fsp3) is 0.600. The van der Waals surface area contributed by atoms with Crippen molar-refractivity contribution in [3.05, 3.63) is 58.3 Å². The van der Waals surface area contributed by atoms with Gasteiger partial charge in [0, 0.05) is 38.4 Å². The van der Waals surface area contributed by atoms with Gasteiger partial charge in [-0.25, -0.2) is 9.37 Å². The summed E-state index contributed by atoms with van der Waals surface area (Å²) < 4.78 is 26.6. The molecule has 5 rings (SSSR count). The third-order valence-corrected chi connectivity index (χ3v) is 8.11. The Bertz CT molecular complexity index is 1130. The van der Waals surface area contributed by atoms with Crippen molar-refractivity contribution in [2.75, 3.05) is 31.6 Å². The minimum absolute atomic E-state index is 0.0170. The molecule has 7 nitrogen and oxygen atoms in total. The average molecular weight is 526 g/mol. The van der Waals surface area contributed by atoms with E-state index in [1.54, 1.807) is 0 Å². The molecule has 1 fully saturated rings. The molecule has 0 radical (unpaired) electrons. The fourth-order valence-corrected chi connectivity index (χ4v) is 5.95. The van der Waals surface area contributed by atoms with E-state index in [2.05, 4.69) is 17.4 Å². The lowest BCUT2D eigenvalue weighted by Gasteiger charge is -2.35. The number of alkyl halides is 1. The largest absolute Gasteiger partial charge is 0.480 e. The maximum atomic E-state index is 14.7. The summed E-state index contributed by atoms with van der Waals surface area (Å²) in [5.74, 6) is 0.161. The standard InChI is InChI=1S/C30H40FN3O4/c1-30(2,31)26-17-25-21(19-38-26)7-5-10-24(25)27(29(35)36)34-15-13-23(18-34)37-16-4-3-9-22-12-11-20-8-6-14-32-28(20)33-22/h5,7,10-12,23,26-27H,3-4,6,8-9,13-19H2,1-2H3,(H,32,33)(H,35,36)/t23-,26+,27-/m1/s1. The number of likely N-dealkylation sites (tertiary alicyclic amines) is 1. The number of rotatable bonds is 10. The number of carbonyl (C=O) groups is 1. The molecule has 0 amide bonds. The number of aryl methyl sites for hydroxylation is 2. The lowest BCUT2D eigenvalue weighted by atomic mass is 9.86. The van der Waals surface area contributed by atoms with E-state index >= 15 is 0 Å². The maximum absolute atomic E-state index is 14.7. The van der Waals surface area contributed by atoms with Gasteiger partial charge in [-0.15, -0.1) is 0 Å². The molecule has 3 aliphatic rings. The van der Waals surface area contributed by atoms with Crippen LogP contribution >= 0.6 is 0 Å². The summed E-state index contributed by atoms with van der Waals surface area (Å²) >= 11 is 0. The molecule has 0 saturated carbocycles. The molecule has 4 heterocycles. The number of anilines is 1. The second-order valence-electron chi connectivity index (χ2n) is 11.4. The molecule has 8 heteroatoms. The van der Waals surface area contributed by atoms with Gasteiger partial charge in [0.25, 0.3) is 0 Å². The van der Waals surface area contributed by atoms with E-state index in [1.165, 1.54) is 19.4 Å². The number of benzene rings is 1. The van der Waals surface area contributed by atoms with Gasteiger partial charge in [-0.3, -0.25) is 9.69 Å². The number of ether oxygens (including phenoxy) is 2. The van der Waals surface area contributed by atoms with Gasteiger partial charge in [-0.05, 0) is 80.7 Å². The molecular formula is C30H40FN3O4. The number of nitrogens with zero attached hydrogens (tertiary/aromatic N) is 2. The number of halogens is 1. The van der Waals surface area contributed by atoms with Crippen LogP contribution in [-0.2, 0) is 40.1 Å². The minimum Gasteiger partial charge on any atom is -0.480 e. The van der Waals surface area contributed by atoms with Crippen LogP contribution in [0, 0.1) is 0 Å². The summed E-state index contributed by atoms with van der Waals surface area (Å²) in [5, 5.41) is 13.6. The summed E-state index contributed by atoms with van der Waals surface area (Å²) in [4.78, 5) is 19.2. The first-order valence-corrected chi connectivity index (χ1v) is 14.0. The van der Waals surface area contributed by atoms with Crippen LogP contribution in [0.4, 0.5) is 10.2 Å². The highest BCUT2D eigenvalue weighted by atomic mass is 19.1. The average Bonchev–Trinajstić information content (AvgIpc) is 3.36. The number of aromatic nitrogens is 1. The molecule has 1 saturated heterocycles. The first-order valence-electron chi connectivity index (χ1n) is 14.0. The normalized spacial score (nSPS) is 22.4. The van der Waals surface area contributed by atoms with Crippen LogP contribution in [-0.4, -0.2) is 65.1 Å². The van der Waals surface area contributed by atoms with Crippen LogP contribution in [0.15, 0.2) is 30.3 Å². The quantitative estimate of drug-likeness (QED) is 0.428. The lowest BCUT2D eigenvalue weighted by molar-refractivity contribution is -0.143. The fourth-order valence-electron chi connectivity index (χ4n) is 5.95. The van der Waals surface area contributed by atoms with Gasteiger partial charge in [0.1, 0.15) is 17.5 Å². The van der Waals surface area contributed by atoms with Crippen molar-refractivity contribution in [3.63, 3.8) is 0 Å². The summed E-state index contributed by atoms with van der Waals surface area (Å²) in [6, 6.07) is 9.27. The van der Waals surface area contributed by atoms with Crippen LogP contribution in [0.1, 0.15) is 73.5 Å². The minimum atomic E-state index is -1.50. The van der Waals surface area contributed by atoms with Crippen molar-refractivity contribution in [1.29, 1.82) is 0 Å². The Morgan fingerprint density at radius 1 is 1.29 bits per heavy atom. The topological polar surface area (TPSA) is 83.9 Å². The van der Waals surface area contributed by atoms with Crippen LogP contribution in [0.3, 0.4) is 0 Å². The first-order chi connectivity index (χ1) is 18.3. The van der Waals surface area contributed by atoms with Crippen LogP contribution in [0.25, 0.3) is 0 Å². The zero-order chi connectivity index (χ0) is 26.7. The SMILES string of the molecule is CC(C)(F)[C@@H]1Cc2c(cccc2[C@H](C(=O)O)N2CC[C@@H](OCCCCc3ccc4c(n3)NCCC4)C2)CO1. The van der Waals surface area contributed by atoms with Crippen molar-refractivity contribution in [3.8, 4) is 0 Å². The van der Waals surface area contributed by atoms with Crippen molar-refractivity contribution in [2.45, 2.75) is 89.3 Å². The zero-order valence-electron chi connectivity index (χ0n) is 22.5. The molecule has 2 N–H and O–H groups in total. The summed E-state index contributed by atoms with van der Waals surface area (Å²) in [5.41, 5.74) is 3.54. The Morgan fingerprint density at radius 2 is 2.16 bits per heavy atom. The third-order valence-electron chi connectivity index (χ3n) is 8.11. The van der Waals surface area contributed by atoms with Crippen molar-refractivity contribution < 1.29 is 23.8 Å². The van der Waals surface area contributed by atoms with Gasteiger partial charge in [0.05, 0.1) is 18.8 Å². The van der Waals surface area contributed by atoms with Crippen LogP contribution < -0.4 is 5.32 Å². The van der Waals surface area contributed by atoms with E-state index in [4.69, 9.17) is 14.5 Å². The highest BCUT2D eigenvalue weighted by molar-refractivity contribution is 5.76. The van der Waals surface area contributed by atoms with Crippen LogP contribution in [0.5, 0.6) is 0 Å². The summed E-state index contributed by atoms with van der Waals surface area (Å²) in [6.07, 6.45) is 5.75. The van der Waals surface area contributed by atoms with E-state index in [0.29, 0.717) is 32.7 Å². The van der Waals surface area contributed by atoms with Gasteiger partial charge in [0.2, 0.25) is 0 Å². The summed E-state index contributed by atoms with van der Waals surface area (Å²) in [6.45, 7) is 6.22. The van der Waals surface area contributed by atoms with E-state index in [1.807, 2.05) is 23.1 Å². The molecule has 1 aromatic heterocycles. The second kappa shape index (κ2) is 11.7. The monoisotopic (exact) mass is 525 g/mol. The molecule has 3 aliphatic heterocycles. The Balaban J connectivity index is 1.14. The molecular weight excluding hydrogens is 485 g/mol. The van der Waals surface area contributed by atoms with Gasteiger partial charge >= 0.3 is 5.97 Å². The second-order valence-corrected chi connectivity index (χ2v) is 11.4. The van der Waals surface area contributed by atoms with Crippen molar-refractivity contribution >= 4 is 11.8 Å². The molecule has 206 valence electrons. The van der Waals surface area contributed by atoms with Crippen LogP contribution in [0.2, 0.25) is 0 Å². The maximum Gasteiger partial charge on any atom is 0.325 e. The van der Waals surface area contributed by atoms with E-state index in [-0.39, 0.29) is 6.10 Å². The molecule has 0 spiro atoms. The predicted octanol–water partition coefficient (Wildman–Crippen LogP) is 4.87. The van der Waals surface area contributed by atoms with E-state index < -0.39 is 23.8 Å². The Hall–Kier alpha value is -2.55. The van der Waals surface area contributed by atoms with E-state index in [0.717, 1.165) is 73.3 Å². The molecule has 0 bridgehead atoms. The predicted molar refractivity (Wildman–Crippen MR) is 144 cm³/mol. The Kier molecular flexibility index (Phi) is 8.31. The molecule has 0 aliphatic carbocycles. The zero-order valence-corrected chi connectivity index (χ0v) is 22.5. The number of carboxylic acids is 1. The molecule has 3 atom stereocenters. The molecule has 38 heavy (non-hydrogen) atoms. The number of carboxylic acid groups (broad SMARTS) is 1. The first kappa shape index (κ1) is 27.0. The number of hydrogen-bond acceptors (Lipinski definition) is 6. The molecule has 2 aromatic rings. The van der Waals surface area contributed by atoms with Crippen molar-refractivity contribution in [1.82, 2.24) is 9.88 Å². The van der Waals surface area contributed by atoms with Gasteiger partial charge in [-0.1, -0.05) is 24.3 Å². The number of pyridine rings is 1. The number of aliphatic carboxylic acids is 1. The number of unbranched alkanes of at least 4 members (excludes halogenated alkanes) is 1. The smallest absolute Gasteiger partial charge is 0.325 e. The lowest BCUT2D eigenvalue weighted by Crippen LogP contribution is -2.40. The molecule has 1 aromatic carbocycles. The van der Waals surface area contributed by atoms with E-state index in [9.17, 15) is 14.3 Å². The van der Waals surface area contributed by atoms with Gasteiger partial charge in [0.15, 0.2) is 0 Å². The third kappa shape index (κ3) is 6.19. The van der Waals surface area contributed by atoms with Crippen molar-refractivity contribution in [2.24, 2.45) is 0 Å². The highest BCUT2D eigenvalue weighted by Gasteiger charge is 2.39.